The predicted octanol–water partition coefficient (Wildman–Crippen LogP) is 4.93. The highest BCUT2D eigenvalue weighted by atomic mass is 79.9. The third kappa shape index (κ3) is 6.31. The lowest BCUT2D eigenvalue weighted by molar-refractivity contribution is 0.1000. The highest BCUT2D eigenvalue weighted by Crippen LogP contribution is 2.36. The molecule has 5 N–H and O–H groups in total. The van der Waals surface area contributed by atoms with Crippen LogP contribution in [-0.4, -0.2) is 39.9 Å². The summed E-state index contributed by atoms with van der Waals surface area (Å²) < 4.78 is 6.59. The van der Waals surface area contributed by atoms with Crippen molar-refractivity contribution >= 4 is 45.2 Å². The molecule has 2 aromatic carbocycles. The molecule has 0 unspecified atom stereocenters. The zero-order valence-corrected chi connectivity index (χ0v) is 22.9. The Morgan fingerprint density at radius 3 is 2.51 bits per heavy atom. The third-order valence-corrected chi connectivity index (χ3v) is 7.38. The van der Waals surface area contributed by atoms with Crippen molar-refractivity contribution in [3.8, 4) is 17.7 Å². The van der Waals surface area contributed by atoms with Gasteiger partial charge in [0.1, 0.15) is 16.0 Å². The minimum atomic E-state index is -0.494. The van der Waals surface area contributed by atoms with Crippen molar-refractivity contribution in [2.75, 3.05) is 24.1 Å². The lowest BCUT2D eigenvalue weighted by Gasteiger charge is -2.32. The third-order valence-electron chi connectivity index (χ3n) is 6.29. The number of anilines is 2. The van der Waals surface area contributed by atoms with Gasteiger partial charge >= 0.3 is 0 Å². The number of nitriles is 1. The molecule has 4 rings (SSSR count). The number of aromatic nitrogens is 2. The van der Waals surface area contributed by atoms with Gasteiger partial charge in [0, 0.05) is 36.3 Å². The zero-order chi connectivity index (χ0) is 26.7. The summed E-state index contributed by atoms with van der Waals surface area (Å²) in [4.78, 5) is 22.6. The number of carbonyl (C=O) groups excluding carboxylic acids is 1. The first kappa shape index (κ1) is 26.7. The Kier molecular flexibility index (Phi) is 8.17. The molecule has 1 aliphatic rings. The van der Waals surface area contributed by atoms with E-state index in [1.54, 1.807) is 24.3 Å². The van der Waals surface area contributed by atoms with Crippen molar-refractivity contribution in [1.29, 1.82) is 5.26 Å². The molecule has 9 nitrogen and oxygen atoms in total. The smallest absolute Gasteiger partial charge is 0.248 e. The van der Waals surface area contributed by atoms with Crippen molar-refractivity contribution in [3.05, 3.63) is 67.6 Å². The number of nitrogens with zero attached hydrogens (tertiary/aromatic N) is 4. The van der Waals surface area contributed by atoms with E-state index in [0.29, 0.717) is 44.7 Å². The standard InChI is InChI=1S/C26H27BrClN7O2/c1-14-9-16(12-29)10-15(2)22(14)37-25-21(27)23(30)33-26(34-25)32-19-5-7-35(8-6-19)13-18-4-3-17(24(31)36)11-20(18)28/h3-4,9-11,19H,5-8,13H2,1-2H3,(H2,31,36)(H3,30,32,33,34). The number of halogens is 2. The van der Waals surface area contributed by atoms with Crippen molar-refractivity contribution in [2.24, 2.45) is 5.73 Å². The fraction of sp³-hybridized carbons (Fsp3) is 0.308. The quantitative estimate of drug-likeness (QED) is 0.355. The van der Waals surface area contributed by atoms with Gasteiger partial charge in [-0.2, -0.15) is 15.2 Å². The summed E-state index contributed by atoms with van der Waals surface area (Å²) >= 11 is 9.79. The molecule has 0 atom stereocenters. The van der Waals surface area contributed by atoms with Crippen LogP contribution in [0.1, 0.15) is 45.5 Å². The fourth-order valence-corrected chi connectivity index (χ4v) is 4.83. The van der Waals surface area contributed by atoms with Crippen LogP contribution >= 0.6 is 27.5 Å². The van der Waals surface area contributed by atoms with Gasteiger partial charge in [0.15, 0.2) is 0 Å². The monoisotopic (exact) mass is 583 g/mol. The minimum absolute atomic E-state index is 0.163. The Balaban J connectivity index is 1.41. The number of hydrogen-bond donors (Lipinski definition) is 3. The summed E-state index contributed by atoms with van der Waals surface area (Å²) in [5, 5.41) is 13.1. The lowest BCUT2D eigenvalue weighted by atomic mass is 10.0. The van der Waals surface area contributed by atoms with E-state index in [1.807, 2.05) is 19.9 Å². The van der Waals surface area contributed by atoms with Crippen LogP contribution in [0.25, 0.3) is 0 Å². The number of ether oxygens (including phenoxy) is 1. The van der Waals surface area contributed by atoms with E-state index in [4.69, 9.17) is 27.8 Å². The van der Waals surface area contributed by atoms with Crippen LogP contribution in [-0.2, 0) is 6.54 Å². The molecule has 0 bridgehead atoms. The highest BCUT2D eigenvalue weighted by Gasteiger charge is 2.22. The van der Waals surface area contributed by atoms with E-state index in [-0.39, 0.29) is 11.9 Å². The number of hydrogen-bond acceptors (Lipinski definition) is 8. The highest BCUT2D eigenvalue weighted by molar-refractivity contribution is 9.10. The molecule has 37 heavy (non-hydrogen) atoms. The van der Waals surface area contributed by atoms with Gasteiger partial charge in [0.2, 0.25) is 17.7 Å². The first-order chi connectivity index (χ1) is 17.6. The lowest BCUT2D eigenvalue weighted by Crippen LogP contribution is -2.39. The number of nitrogens with two attached hydrogens (primary N) is 2. The number of nitrogen functional groups attached to an aromatic ring is 1. The van der Waals surface area contributed by atoms with Gasteiger partial charge < -0.3 is 21.5 Å². The molecule has 0 saturated carbocycles. The summed E-state index contributed by atoms with van der Waals surface area (Å²) in [7, 11) is 0. The number of amides is 1. The number of rotatable bonds is 7. The average molecular weight is 585 g/mol. The predicted molar refractivity (Wildman–Crippen MR) is 147 cm³/mol. The van der Waals surface area contributed by atoms with E-state index in [0.717, 1.165) is 42.6 Å². The van der Waals surface area contributed by atoms with Gasteiger partial charge in [-0.25, -0.2) is 0 Å². The second-order valence-corrected chi connectivity index (χ2v) is 10.3. The van der Waals surface area contributed by atoms with Crippen LogP contribution in [0, 0.1) is 25.2 Å². The molecular weight excluding hydrogens is 558 g/mol. The Bertz CT molecular complexity index is 1360. The molecule has 2 heterocycles. The molecule has 192 valence electrons. The molecular formula is C26H27BrClN7O2. The number of primary amides is 1. The van der Waals surface area contributed by atoms with Crippen LogP contribution in [0.2, 0.25) is 5.02 Å². The van der Waals surface area contributed by atoms with Crippen LogP contribution in [0.4, 0.5) is 11.8 Å². The molecule has 3 aromatic rings. The molecule has 1 fully saturated rings. The second kappa shape index (κ2) is 11.3. The Labute approximate surface area is 228 Å². The topological polar surface area (TPSA) is 143 Å². The maximum atomic E-state index is 11.4. The minimum Gasteiger partial charge on any atom is -0.437 e. The van der Waals surface area contributed by atoms with Gasteiger partial charge in [-0.3, -0.25) is 9.69 Å². The molecule has 11 heteroatoms. The Morgan fingerprint density at radius 2 is 1.92 bits per heavy atom. The number of benzene rings is 2. The van der Waals surface area contributed by atoms with Crippen molar-refractivity contribution < 1.29 is 9.53 Å². The number of carbonyl (C=O) groups is 1. The van der Waals surface area contributed by atoms with E-state index in [2.05, 4.69) is 42.2 Å². The molecule has 0 aliphatic carbocycles. The fourth-order valence-electron chi connectivity index (χ4n) is 4.34. The zero-order valence-electron chi connectivity index (χ0n) is 20.5. The summed E-state index contributed by atoms with van der Waals surface area (Å²) in [5.41, 5.74) is 15.1. The van der Waals surface area contributed by atoms with Crippen LogP contribution < -0.4 is 21.5 Å². The maximum Gasteiger partial charge on any atom is 0.248 e. The van der Waals surface area contributed by atoms with E-state index in [1.165, 1.54) is 0 Å². The van der Waals surface area contributed by atoms with Gasteiger partial charge in [0.05, 0.1) is 11.6 Å². The Hall–Kier alpha value is -3.39. The molecule has 1 amide bonds. The number of nitrogens with one attached hydrogen (secondary N) is 1. The average Bonchev–Trinajstić information content (AvgIpc) is 2.86. The number of likely N-dealkylation sites (tertiary alicyclic amines) is 1. The SMILES string of the molecule is Cc1cc(C#N)cc(C)c1Oc1nc(NC2CCN(Cc3ccc(C(N)=O)cc3Cl)CC2)nc(N)c1Br. The van der Waals surface area contributed by atoms with Crippen molar-refractivity contribution in [1.82, 2.24) is 14.9 Å². The molecule has 0 radical (unpaired) electrons. The number of piperidine rings is 1. The maximum absolute atomic E-state index is 11.4. The first-order valence-electron chi connectivity index (χ1n) is 11.7. The van der Waals surface area contributed by atoms with E-state index < -0.39 is 5.91 Å². The second-order valence-electron chi connectivity index (χ2n) is 9.07. The van der Waals surface area contributed by atoms with E-state index >= 15 is 0 Å². The van der Waals surface area contributed by atoms with Gasteiger partial charge in [0.25, 0.3) is 0 Å². The normalized spacial score (nSPS) is 14.2. The number of aryl methyl sites for hydroxylation is 2. The van der Waals surface area contributed by atoms with E-state index in [9.17, 15) is 10.1 Å². The molecule has 1 saturated heterocycles. The first-order valence-corrected chi connectivity index (χ1v) is 12.9. The largest absolute Gasteiger partial charge is 0.437 e. The molecule has 0 spiro atoms. The Morgan fingerprint density at radius 1 is 1.24 bits per heavy atom. The summed E-state index contributed by atoms with van der Waals surface area (Å²) in [5.74, 6) is 1.09. The van der Waals surface area contributed by atoms with Gasteiger partial charge in [-0.15, -0.1) is 0 Å². The molecule has 1 aliphatic heterocycles. The van der Waals surface area contributed by atoms with Crippen molar-refractivity contribution in [2.45, 2.75) is 39.3 Å². The summed E-state index contributed by atoms with van der Waals surface area (Å²) in [6.45, 7) is 6.16. The van der Waals surface area contributed by atoms with Gasteiger partial charge in [-0.05, 0) is 83.6 Å². The van der Waals surface area contributed by atoms with Gasteiger partial charge in [-0.1, -0.05) is 17.7 Å². The van der Waals surface area contributed by atoms with Crippen LogP contribution in [0.15, 0.2) is 34.8 Å². The summed E-state index contributed by atoms with van der Waals surface area (Å²) in [6, 6.07) is 11.0. The van der Waals surface area contributed by atoms with Crippen molar-refractivity contribution in [3.63, 3.8) is 0 Å². The summed E-state index contributed by atoms with van der Waals surface area (Å²) in [6.07, 6.45) is 1.75. The van der Waals surface area contributed by atoms with Crippen LogP contribution in [0.5, 0.6) is 11.6 Å². The molecule has 1 aromatic heterocycles. The van der Waals surface area contributed by atoms with Crippen LogP contribution in [0.3, 0.4) is 0 Å².